The van der Waals surface area contributed by atoms with Crippen molar-refractivity contribution < 1.29 is 19.1 Å². The molecule has 0 atom stereocenters. The van der Waals surface area contributed by atoms with Gasteiger partial charge in [-0.2, -0.15) is 0 Å². The van der Waals surface area contributed by atoms with E-state index in [9.17, 15) is 14.4 Å². The molecule has 0 aliphatic heterocycles. The first-order chi connectivity index (χ1) is 11.6. The summed E-state index contributed by atoms with van der Waals surface area (Å²) in [7, 11) is 1.35. The quantitative estimate of drug-likeness (QED) is 0.766. The Hall–Kier alpha value is -2.09. The number of aliphatic imine (C=N–C) groups is 1. The van der Waals surface area contributed by atoms with Crippen LogP contribution in [0.1, 0.15) is 58.8 Å². The highest BCUT2D eigenvalue weighted by atomic mass is 32.1. The van der Waals surface area contributed by atoms with E-state index in [0.717, 1.165) is 0 Å². The molecule has 2 rings (SSSR count). The van der Waals surface area contributed by atoms with Gasteiger partial charge in [-0.1, -0.05) is 0 Å². The first-order valence-corrected chi connectivity index (χ1v) is 8.91. The second-order valence-corrected chi connectivity index (χ2v) is 8.02. The molecule has 1 heterocycles. The van der Waals surface area contributed by atoms with E-state index in [1.54, 1.807) is 11.8 Å². The third kappa shape index (κ3) is 4.31. The van der Waals surface area contributed by atoms with Crippen molar-refractivity contribution in [1.29, 1.82) is 0 Å². The normalized spacial score (nSPS) is 16.1. The van der Waals surface area contributed by atoms with Gasteiger partial charge in [-0.05, 0) is 34.1 Å². The second-order valence-electron chi connectivity index (χ2n) is 6.81. The maximum absolute atomic E-state index is 12.4. The Balaban J connectivity index is 2.02. The number of aryl methyl sites for hydroxylation is 1. The molecule has 1 aliphatic rings. The Morgan fingerprint density at radius 2 is 2.04 bits per heavy atom. The molecule has 0 radical (unpaired) electrons. The van der Waals surface area contributed by atoms with E-state index in [1.165, 1.54) is 18.4 Å². The molecule has 7 nitrogen and oxygen atoms in total. The number of ether oxygens (including phenoxy) is 1. The largest absolute Gasteiger partial charge is 0.453 e. The average Bonchev–Trinajstić information content (AvgIpc) is 2.92. The van der Waals surface area contributed by atoms with Gasteiger partial charge in [-0.15, -0.1) is 11.3 Å². The summed E-state index contributed by atoms with van der Waals surface area (Å²) in [5.74, 6) is -0.371. The number of methoxy groups -OCH3 is 1. The summed E-state index contributed by atoms with van der Waals surface area (Å²) in [5.41, 5.74) is 0.107. The fourth-order valence-corrected chi connectivity index (χ4v) is 3.45. The van der Waals surface area contributed by atoms with Crippen LogP contribution in [-0.2, 0) is 4.74 Å². The molecule has 0 saturated carbocycles. The van der Waals surface area contributed by atoms with Crippen molar-refractivity contribution in [2.24, 2.45) is 4.99 Å². The van der Waals surface area contributed by atoms with Crippen LogP contribution in [0.5, 0.6) is 0 Å². The topological polar surface area (TPSA) is 88.9 Å². The number of hydrogen-bond donors (Lipinski definition) is 0. The summed E-state index contributed by atoms with van der Waals surface area (Å²) >= 11 is 1.25. The fourth-order valence-electron chi connectivity index (χ4n) is 2.60. The molecular weight excluding hydrogens is 342 g/mol. The third-order valence-electron chi connectivity index (χ3n) is 3.84. The van der Waals surface area contributed by atoms with Gasteiger partial charge in [-0.25, -0.2) is 9.78 Å². The van der Waals surface area contributed by atoms with E-state index in [2.05, 4.69) is 9.98 Å². The lowest BCUT2D eigenvalue weighted by molar-refractivity contribution is 0.0833. The lowest BCUT2D eigenvalue weighted by Crippen LogP contribution is -2.46. The Kier molecular flexibility index (Phi) is 5.72. The predicted octanol–water partition coefficient (Wildman–Crippen LogP) is 2.92. The molecule has 0 spiro atoms. The van der Waals surface area contributed by atoms with Crippen molar-refractivity contribution >= 4 is 34.7 Å². The first kappa shape index (κ1) is 19.2. The van der Waals surface area contributed by atoms with E-state index < -0.39 is 6.09 Å². The van der Waals surface area contributed by atoms with Crippen LogP contribution >= 0.6 is 11.3 Å². The molecule has 1 aliphatic carbocycles. The molecule has 0 unspecified atom stereocenters. The molecule has 25 heavy (non-hydrogen) atoms. The van der Waals surface area contributed by atoms with Gasteiger partial charge in [0.1, 0.15) is 10.6 Å². The minimum Gasteiger partial charge on any atom is -0.453 e. The Labute approximate surface area is 151 Å². The number of amides is 1. The Morgan fingerprint density at radius 1 is 1.36 bits per heavy atom. The van der Waals surface area contributed by atoms with Gasteiger partial charge in [-0.3, -0.25) is 14.6 Å². The van der Waals surface area contributed by atoms with Crippen molar-refractivity contribution in [1.82, 2.24) is 9.88 Å². The molecular formula is C17H23N3O4S. The van der Waals surface area contributed by atoms with Crippen LogP contribution < -0.4 is 0 Å². The standard InChI is InChI=1S/C17H23N3O4S/c1-10-19-13-14(22)11(9-12(21)15(13)25-10)18-7-6-8-20(16(23)24-5)17(2,3)4/h6-9H2,1-5H3. The predicted molar refractivity (Wildman–Crippen MR) is 95.9 cm³/mol. The van der Waals surface area contributed by atoms with Crippen LogP contribution in [0.3, 0.4) is 0 Å². The van der Waals surface area contributed by atoms with Gasteiger partial charge in [0, 0.05) is 18.6 Å². The molecule has 8 heteroatoms. The highest BCUT2D eigenvalue weighted by Crippen LogP contribution is 2.25. The summed E-state index contributed by atoms with van der Waals surface area (Å²) in [6, 6.07) is 0. The molecule has 0 fully saturated rings. The zero-order valence-corrected chi connectivity index (χ0v) is 16.0. The summed E-state index contributed by atoms with van der Waals surface area (Å²) in [6.45, 7) is 8.35. The fraction of sp³-hybridized carbons (Fsp3) is 0.588. The number of nitrogens with zero attached hydrogens (tertiary/aromatic N) is 3. The van der Waals surface area contributed by atoms with Crippen molar-refractivity contribution in [2.45, 2.75) is 46.1 Å². The Bertz CT molecular complexity index is 731. The van der Waals surface area contributed by atoms with Crippen LogP contribution in [0.4, 0.5) is 4.79 Å². The van der Waals surface area contributed by atoms with Gasteiger partial charge in [0.05, 0.1) is 24.2 Å². The molecule has 136 valence electrons. The molecule has 1 amide bonds. The van der Waals surface area contributed by atoms with Gasteiger partial charge in [0.25, 0.3) is 0 Å². The number of carbonyl (C=O) groups excluding carboxylic acids is 3. The smallest absolute Gasteiger partial charge is 0.409 e. The minimum absolute atomic E-state index is 0.0213. The molecule has 0 aromatic carbocycles. The third-order valence-corrected chi connectivity index (χ3v) is 4.85. The molecule has 1 aromatic heterocycles. The van der Waals surface area contributed by atoms with Gasteiger partial charge in [0.2, 0.25) is 5.78 Å². The van der Waals surface area contributed by atoms with Crippen molar-refractivity contribution in [3.05, 3.63) is 15.6 Å². The summed E-state index contributed by atoms with van der Waals surface area (Å²) < 4.78 is 4.80. The van der Waals surface area contributed by atoms with Crippen LogP contribution in [-0.4, -0.2) is 59.0 Å². The van der Waals surface area contributed by atoms with Gasteiger partial charge < -0.3 is 9.64 Å². The van der Waals surface area contributed by atoms with Crippen LogP contribution in [0.15, 0.2) is 4.99 Å². The Morgan fingerprint density at radius 3 is 2.64 bits per heavy atom. The van der Waals surface area contributed by atoms with Crippen LogP contribution in [0, 0.1) is 6.92 Å². The zero-order chi connectivity index (χ0) is 18.8. The maximum Gasteiger partial charge on any atom is 0.409 e. The number of rotatable bonds is 4. The number of hydrogen-bond acceptors (Lipinski definition) is 7. The summed E-state index contributed by atoms with van der Waals surface area (Å²) in [5, 5.41) is 0.701. The second kappa shape index (κ2) is 7.43. The SMILES string of the molecule is COC(=O)N(CCCN=C1CC(=O)c2sc(C)nc2C1=O)C(C)(C)C. The zero-order valence-electron chi connectivity index (χ0n) is 15.2. The minimum atomic E-state index is -0.397. The van der Waals surface area contributed by atoms with E-state index in [0.29, 0.717) is 29.4 Å². The number of thiazole rings is 1. The van der Waals surface area contributed by atoms with Crippen LogP contribution in [0.25, 0.3) is 0 Å². The molecule has 1 aromatic rings. The molecule has 0 bridgehead atoms. The number of aromatic nitrogens is 1. The first-order valence-electron chi connectivity index (χ1n) is 8.09. The van der Waals surface area contributed by atoms with E-state index in [-0.39, 0.29) is 34.9 Å². The highest BCUT2D eigenvalue weighted by molar-refractivity contribution is 7.14. The number of carbonyl (C=O) groups is 3. The monoisotopic (exact) mass is 365 g/mol. The average molecular weight is 365 g/mol. The van der Waals surface area contributed by atoms with E-state index >= 15 is 0 Å². The number of fused-ring (bicyclic) bond motifs is 1. The van der Waals surface area contributed by atoms with E-state index in [4.69, 9.17) is 4.74 Å². The number of Topliss-reactive ketones (excluding diaryl/α,β-unsaturated/α-hetero) is 2. The van der Waals surface area contributed by atoms with Gasteiger partial charge in [0.15, 0.2) is 5.78 Å². The maximum atomic E-state index is 12.4. The van der Waals surface area contributed by atoms with Crippen LogP contribution in [0.2, 0.25) is 0 Å². The lowest BCUT2D eigenvalue weighted by Gasteiger charge is -2.34. The molecule has 0 N–H and O–H groups in total. The van der Waals surface area contributed by atoms with Crippen molar-refractivity contribution in [3.8, 4) is 0 Å². The molecule has 0 saturated heterocycles. The number of ketones is 2. The van der Waals surface area contributed by atoms with Crippen molar-refractivity contribution in [2.75, 3.05) is 20.2 Å². The highest BCUT2D eigenvalue weighted by Gasteiger charge is 2.32. The summed E-state index contributed by atoms with van der Waals surface area (Å²) in [6.07, 6.45) is 0.194. The van der Waals surface area contributed by atoms with Gasteiger partial charge >= 0.3 is 6.09 Å². The van der Waals surface area contributed by atoms with E-state index in [1.807, 2.05) is 20.8 Å². The van der Waals surface area contributed by atoms with Crippen molar-refractivity contribution in [3.63, 3.8) is 0 Å². The summed E-state index contributed by atoms with van der Waals surface area (Å²) in [4.78, 5) is 46.9. The lowest BCUT2D eigenvalue weighted by atomic mass is 9.98.